The van der Waals surface area contributed by atoms with E-state index in [0.29, 0.717) is 33.8 Å². The summed E-state index contributed by atoms with van der Waals surface area (Å²) in [5.41, 5.74) is 1.41. The molecule has 0 amide bonds. The van der Waals surface area contributed by atoms with Crippen molar-refractivity contribution in [2.24, 2.45) is 0 Å². The molecule has 0 aliphatic heterocycles. The van der Waals surface area contributed by atoms with Gasteiger partial charge in [0, 0.05) is 6.07 Å². The number of esters is 1. The van der Waals surface area contributed by atoms with Crippen molar-refractivity contribution in [1.29, 1.82) is 0 Å². The largest absolute Gasteiger partial charge is 0.493 e. The van der Waals surface area contributed by atoms with E-state index in [-0.39, 0.29) is 17.8 Å². The fourth-order valence-corrected chi connectivity index (χ4v) is 3.09. The highest BCUT2D eigenvalue weighted by Crippen LogP contribution is 2.30. The Bertz CT molecular complexity index is 1310. The van der Waals surface area contributed by atoms with E-state index in [9.17, 15) is 9.59 Å². The molecule has 0 radical (unpaired) electrons. The van der Waals surface area contributed by atoms with Gasteiger partial charge in [-0.3, -0.25) is 4.79 Å². The zero-order valence-electron chi connectivity index (χ0n) is 17.5. The van der Waals surface area contributed by atoms with E-state index in [1.165, 1.54) is 20.5 Å². The first-order valence-electron chi connectivity index (χ1n) is 9.75. The van der Waals surface area contributed by atoms with Gasteiger partial charge >= 0.3 is 5.97 Å². The Balaban J connectivity index is 1.50. The van der Waals surface area contributed by atoms with Gasteiger partial charge in [-0.1, -0.05) is 24.3 Å². The van der Waals surface area contributed by atoms with Gasteiger partial charge in [0.1, 0.15) is 24.2 Å². The van der Waals surface area contributed by atoms with Crippen molar-refractivity contribution < 1.29 is 28.2 Å². The molecular formula is C25H20O7. The van der Waals surface area contributed by atoms with Crippen LogP contribution in [0.5, 0.6) is 23.0 Å². The maximum Gasteiger partial charge on any atom is 0.337 e. The second-order valence-electron chi connectivity index (χ2n) is 6.82. The van der Waals surface area contributed by atoms with Gasteiger partial charge in [-0.25, -0.2) is 4.79 Å². The molecule has 0 atom stereocenters. The molecule has 0 aliphatic rings. The predicted molar refractivity (Wildman–Crippen MR) is 118 cm³/mol. The fourth-order valence-electron chi connectivity index (χ4n) is 3.09. The molecule has 4 aromatic rings. The van der Waals surface area contributed by atoms with Gasteiger partial charge in [-0.05, 0) is 42.0 Å². The van der Waals surface area contributed by atoms with Crippen molar-refractivity contribution in [2.45, 2.75) is 6.61 Å². The lowest BCUT2D eigenvalue weighted by Gasteiger charge is -2.10. The van der Waals surface area contributed by atoms with E-state index >= 15 is 0 Å². The quantitative estimate of drug-likeness (QED) is 0.382. The number of fused-ring (bicyclic) bond motifs is 1. The number of ether oxygens (including phenoxy) is 4. The average molecular weight is 432 g/mol. The van der Waals surface area contributed by atoms with Crippen molar-refractivity contribution in [1.82, 2.24) is 0 Å². The summed E-state index contributed by atoms with van der Waals surface area (Å²) < 4.78 is 27.1. The van der Waals surface area contributed by atoms with Gasteiger partial charge in [-0.15, -0.1) is 0 Å². The number of benzene rings is 3. The minimum absolute atomic E-state index is 0.0568. The lowest BCUT2D eigenvalue weighted by atomic mass is 10.1. The molecule has 0 N–H and O–H groups in total. The molecule has 0 unspecified atom stereocenters. The zero-order chi connectivity index (χ0) is 22.5. The third kappa shape index (κ3) is 4.41. The Morgan fingerprint density at radius 2 is 1.66 bits per heavy atom. The van der Waals surface area contributed by atoms with Gasteiger partial charge in [0.05, 0.1) is 25.2 Å². The molecule has 7 heteroatoms. The van der Waals surface area contributed by atoms with Crippen LogP contribution in [0, 0.1) is 0 Å². The van der Waals surface area contributed by atoms with Gasteiger partial charge in [0.2, 0.25) is 11.2 Å². The van der Waals surface area contributed by atoms with Crippen LogP contribution in [0.3, 0.4) is 0 Å². The maximum absolute atomic E-state index is 12.8. The Morgan fingerprint density at radius 3 is 2.38 bits per heavy atom. The van der Waals surface area contributed by atoms with Crippen LogP contribution in [0.1, 0.15) is 15.9 Å². The summed E-state index contributed by atoms with van der Waals surface area (Å²) in [6.07, 6.45) is 1.27. The van der Waals surface area contributed by atoms with Crippen LogP contribution in [0.25, 0.3) is 11.0 Å². The maximum atomic E-state index is 12.8. The number of carbonyl (C=O) groups is 1. The Kier molecular flexibility index (Phi) is 6.07. The van der Waals surface area contributed by atoms with E-state index in [2.05, 4.69) is 4.74 Å². The van der Waals surface area contributed by atoms with Gasteiger partial charge in [0.15, 0.2) is 11.5 Å². The van der Waals surface area contributed by atoms with Crippen LogP contribution >= 0.6 is 0 Å². The molecule has 0 saturated carbocycles. The Hall–Kier alpha value is -4.26. The third-order valence-corrected chi connectivity index (χ3v) is 4.78. The summed E-state index contributed by atoms with van der Waals surface area (Å²) in [4.78, 5) is 24.3. The molecule has 4 rings (SSSR count). The monoisotopic (exact) mass is 432 g/mol. The van der Waals surface area contributed by atoms with Crippen molar-refractivity contribution in [2.75, 3.05) is 14.2 Å². The number of carbonyl (C=O) groups excluding carboxylic acids is 1. The van der Waals surface area contributed by atoms with Gasteiger partial charge < -0.3 is 23.4 Å². The van der Waals surface area contributed by atoms with E-state index in [1.54, 1.807) is 60.7 Å². The molecule has 0 fully saturated rings. The minimum Gasteiger partial charge on any atom is -0.493 e. The predicted octanol–water partition coefficient (Wildman–Crippen LogP) is 4.96. The molecular weight excluding hydrogens is 412 g/mol. The summed E-state index contributed by atoms with van der Waals surface area (Å²) in [6, 6.07) is 18.9. The van der Waals surface area contributed by atoms with E-state index in [4.69, 9.17) is 18.6 Å². The highest BCUT2D eigenvalue weighted by Gasteiger charge is 2.13. The molecule has 0 spiro atoms. The molecule has 3 aromatic carbocycles. The fraction of sp³-hybridized carbons (Fsp3) is 0.120. The second-order valence-corrected chi connectivity index (χ2v) is 6.82. The highest BCUT2D eigenvalue weighted by molar-refractivity contribution is 5.89. The standard InChI is InChI=1S/C25H20O7/c1-28-20-5-3-4-6-21(20)32-23-15-31-22-13-18(11-12-19(22)24(23)26)30-14-16-7-9-17(10-8-16)25(27)29-2/h3-13,15H,14H2,1-2H3. The first-order chi connectivity index (χ1) is 15.6. The second kappa shape index (κ2) is 9.26. The molecule has 162 valence electrons. The van der Waals surface area contributed by atoms with Crippen molar-refractivity contribution in [3.05, 3.63) is 94.3 Å². The molecule has 1 heterocycles. The number of methoxy groups -OCH3 is 2. The molecule has 1 aromatic heterocycles. The Morgan fingerprint density at radius 1 is 0.906 bits per heavy atom. The number of hydrogen-bond acceptors (Lipinski definition) is 7. The lowest BCUT2D eigenvalue weighted by molar-refractivity contribution is 0.0600. The van der Waals surface area contributed by atoms with Crippen LogP contribution in [0.15, 0.2) is 82.2 Å². The van der Waals surface area contributed by atoms with Crippen molar-refractivity contribution in [3.63, 3.8) is 0 Å². The smallest absolute Gasteiger partial charge is 0.337 e. The summed E-state index contributed by atoms with van der Waals surface area (Å²) in [5, 5.41) is 0.368. The molecule has 0 bridgehead atoms. The van der Waals surface area contributed by atoms with Crippen LogP contribution in [-0.2, 0) is 11.3 Å². The SMILES string of the molecule is COC(=O)c1ccc(COc2ccc3c(=O)c(Oc4ccccc4OC)coc3c2)cc1. The summed E-state index contributed by atoms with van der Waals surface area (Å²) in [7, 11) is 2.87. The van der Waals surface area contributed by atoms with Crippen LogP contribution < -0.4 is 19.6 Å². The van der Waals surface area contributed by atoms with Crippen LogP contribution in [0.4, 0.5) is 0 Å². The topological polar surface area (TPSA) is 84.2 Å². The van der Waals surface area contributed by atoms with E-state index < -0.39 is 5.97 Å². The van der Waals surface area contributed by atoms with E-state index in [1.807, 2.05) is 6.07 Å². The summed E-state index contributed by atoms with van der Waals surface area (Å²) >= 11 is 0. The van der Waals surface area contributed by atoms with Crippen LogP contribution in [0.2, 0.25) is 0 Å². The minimum atomic E-state index is -0.393. The highest BCUT2D eigenvalue weighted by atomic mass is 16.5. The summed E-state index contributed by atoms with van der Waals surface area (Å²) in [6.45, 7) is 0.284. The lowest BCUT2D eigenvalue weighted by Crippen LogP contribution is -2.05. The number of hydrogen-bond donors (Lipinski definition) is 0. The van der Waals surface area contributed by atoms with E-state index in [0.717, 1.165) is 5.56 Å². The van der Waals surface area contributed by atoms with Crippen molar-refractivity contribution in [3.8, 4) is 23.0 Å². The summed E-state index contributed by atoms with van der Waals surface area (Å²) in [5.74, 6) is 1.13. The van der Waals surface area contributed by atoms with Gasteiger partial charge in [0.25, 0.3) is 0 Å². The Labute approximate surface area is 183 Å². The van der Waals surface area contributed by atoms with Gasteiger partial charge in [-0.2, -0.15) is 0 Å². The molecule has 7 nitrogen and oxygen atoms in total. The van der Waals surface area contributed by atoms with Crippen molar-refractivity contribution >= 4 is 16.9 Å². The number of rotatable bonds is 7. The first kappa shape index (κ1) is 21.0. The third-order valence-electron chi connectivity index (χ3n) is 4.78. The molecule has 0 aliphatic carbocycles. The first-order valence-corrected chi connectivity index (χ1v) is 9.75. The normalized spacial score (nSPS) is 10.6. The average Bonchev–Trinajstić information content (AvgIpc) is 2.84. The number of para-hydroxylation sites is 2. The van der Waals surface area contributed by atoms with Crippen LogP contribution in [-0.4, -0.2) is 20.2 Å². The molecule has 32 heavy (non-hydrogen) atoms. The molecule has 0 saturated heterocycles. The zero-order valence-corrected chi connectivity index (χ0v) is 17.5.